The Kier molecular flexibility index (Phi) is 9.22. The zero-order valence-corrected chi connectivity index (χ0v) is 20.9. The number of anilines is 1. The summed E-state index contributed by atoms with van der Waals surface area (Å²) in [7, 11) is 4.77. The molecular formula is C22H30IN5O3. The third-order valence-corrected chi connectivity index (χ3v) is 4.64. The summed E-state index contributed by atoms with van der Waals surface area (Å²) in [5.41, 5.74) is 3.94. The Morgan fingerprint density at radius 1 is 1.13 bits per heavy atom. The summed E-state index contributed by atoms with van der Waals surface area (Å²) in [5.74, 6) is 2.38. The Labute approximate surface area is 200 Å². The van der Waals surface area contributed by atoms with Crippen LogP contribution in [0.25, 0.3) is 5.65 Å². The zero-order chi connectivity index (χ0) is 21.5. The average Bonchev–Trinajstić information content (AvgIpc) is 3.17. The molecule has 0 saturated carbocycles. The van der Waals surface area contributed by atoms with E-state index >= 15 is 0 Å². The number of ether oxygens (including phenoxy) is 3. The van der Waals surface area contributed by atoms with Crippen molar-refractivity contribution in [2.24, 2.45) is 4.99 Å². The number of aromatic nitrogens is 2. The number of nitrogens with one attached hydrogen (secondary N) is 2. The highest BCUT2D eigenvalue weighted by Gasteiger charge is 2.14. The van der Waals surface area contributed by atoms with Gasteiger partial charge in [0, 0.05) is 49.7 Å². The first-order chi connectivity index (χ1) is 14.6. The third kappa shape index (κ3) is 5.93. The molecule has 0 spiro atoms. The van der Waals surface area contributed by atoms with E-state index in [0.717, 1.165) is 35.6 Å². The fourth-order valence-corrected chi connectivity index (χ4v) is 3.20. The van der Waals surface area contributed by atoms with Crippen LogP contribution < -0.4 is 24.8 Å². The van der Waals surface area contributed by atoms with Crippen LogP contribution in [0.3, 0.4) is 0 Å². The van der Waals surface area contributed by atoms with Crippen molar-refractivity contribution < 1.29 is 14.2 Å². The van der Waals surface area contributed by atoms with Crippen LogP contribution in [0.5, 0.6) is 17.2 Å². The molecule has 0 saturated heterocycles. The number of hydrogen-bond donors (Lipinski definition) is 2. The Morgan fingerprint density at radius 2 is 1.84 bits per heavy atom. The van der Waals surface area contributed by atoms with E-state index in [2.05, 4.69) is 34.8 Å². The molecule has 0 aliphatic heterocycles. The first-order valence-electron chi connectivity index (χ1n) is 9.88. The van der Waals surface area contributed by atoms with Crippen molar-refractivity contribution in [3.05, 3.63) is 47.9 Å². The molecule has 0 radical (unpaired) electrons. The number of pyridine rings is 1. The summed E-state index contributed by atoms with van der Waals surface area (Å²) in [6, 6.07) is 7.78. The van der Waals surface area contributed by atoms with Crippen molar-refractivity contribution in [2.75, 3.05) is 39.7 Å². The third-order valence-electron chi connectivity index (χ3n) is 4.64. The molecule has 31 heavy (non-hydrogen) atoms. The van der Waals surface area contributed by atoms with Gasteiger partial charge in [-0.2, -0.15) is 0 Å². The summed E-state index contributed by atoms with van der Waals surface area (Å²) < 4.78 is 18.3. The number of hydrogen-bond acceptors (Lipinski definition) is 5. The number of rotatable bonds is 8. The first-order valence-corrected chi connectivity index (χ1v) is 9.88. The molecule has 8 nitrogen and oxygen atoms in total. The highest BCUT2D eigenvalue weighted by atomic mass is 127. The Balaban J connectivity index is 0.00000341. The molecule has 0 fully saturated rings. The summed E-state index contributed by atoms with van der Waals surface area (Å²) >= 11 is 0. The predicted octanol–water partition coefficient (Wildman–Crippen LogP) is 3.91. The maximum Gasteiger partial charge on any atom is 0.203 e. The van der Waals surface area contributed by atoms with Crippen molar-refractivity contribution in [3.63, 3.8) is 0 Å². The normalized spacial score (nSPS) is 11.1. The minimum absolute atomic E-state index is 0. The second-order valence-corrected chi connectivity index (χ2v) is 6.70. The minimum atomic E-state index is 0. The van der Waals surface area contributed by atoms with E-state index in [9.17, 15) is 0 Å². The lowest BCUT2D eigenvalue weighted by Gasteiger charge is -2.16. The van der Waals surface area contributed by atoms with Gasteiger partial charge in [0.2, 0.25) is 5.75 Å². The van der Waals surface area contributed by atoms with Crippen molar-refractivity contribution >= 4 is 41.3 Å². The molecule has 0 aliphatic carbocycles. The molecule has 0 unspecified atom stereocenters. The zero-order valence-electron chi connectivity index (χ0n) is 18.6. The van der Waals surface area contributed by atoms with Gasteiger partial charge in [0.15, 0.2) is 17.5 Å². The number of benzene rings is 1. The van der Waals surface area contributed by atoms with Crippen LogP contribution in [0.2, 0.25) is 0 Å². The molecule has 0 aliphatic rings. The van der Waals surface area contributed by atoms with E-state index < -0.39 is 0 Å². The number of nitrogens with zero attached hydrogens (tertiary/aromatic N) is 3. The summed E-state index contributed by atoms with van der Waals surface area (Å²) in [5, 5.41) is 6.56. The Bertz CT molecular complexity index is 1010. The van der Waals surface area contributed by atoms with Crippen LogP contribution in [0.4, 0.5) is 5.69 Å². The standard InChI is InChI=1S/C22H29N5O3.HI/c1-6-23-22(26-17-12-18(28-3)20(30-5)19(13-17)29-4)24-10-9-16-14-27-11-7-8-15(2)21(27)25-16;/h7-8,11-14H,6,9-10H2,1-5H3,(H2,23,24,26);1H. The number of halogens is 1. The number of aryl methyl sites for hydroxylation is 1. The average molecular weight is 539 g/mol. The lowest BCUT2D eigenvalue weighted by molar-refractivity contribution is 0.324. The van der Waals surface area contributed by atoms with Gasteiger partial charge in [-0.1, -0.05) is 6.07 Å². The lowest BCUT2D eigenvalue weighted by Crippen LogP contribution is -2.31. The smallest absolute Gasteiger partial charge is 0.203 e. The lowest BCUT2D eigenvalue weighted by atomic mass is 10.2. The number of aliphatic imine (C=N–C) groups is 1. The van der Waals surface area contributed by atoms with E-state index in [4.69, 9.17) is 19.2 Å². The molecule has 2 N–H and O–H groups in total. The van der Waals surface area contributed by atoms with Gasteiger partial charge < -0.3 is 29.2 Å². The molecule has 3 aromatic rings. The fraction of sp³-hybridized carbons (Fsp3) is 0.364. The van der Waals surface area contributed by atoms with Crippen LogP contribution in [-0.2, 0) is 6.42 Å². The second kappa shape index (κ2) is 11.6. The second-order valence-electron chi connectivity index (χ2n) is 6.70. The van der Waals surface area contributed by atoms with Crippen molar-refractivity contribution in [3.8, 4) is 17.2 Å². The van der Waals surface area contributed by atoms with Crippen LogP contribution in [-0.4, -0.2) is 49.8 Å². The van der Waals surface area contributed by atoms with Crippen molar-refractivity contribution in [1.29, 1.82) is 0 Å². The van der Waals surface area contributed by atoms with Crippen LogP contribution in [0.15, 0.2) is 41.7 Å². The predicted molar refractivity (Wildman–Crippen MR) is 135 cm³/mol. The molecule has 3 rings (SSSR count). The molecule has 1 aromatic carbocycles. The Hall–Kier alpha value is -2.69. The molecular weight excluding hydrogens is 509 g/mol. The highest BCUT2D eigenvalue weighted by Crippen LogP contribution is 2.39. The summed E-state index contributed by atoms with van der Waals surface area (Å²) in [6.45, 7) is 5.43. The van der Waals surface area contributed by atoms with Crippen LogP contribution in [0, 0.1) is 6.92 Å². The fourth-order valence-electron chi connectivity index (χ4n) is 3.20. The number of fused-ring (bicyclic) bond motifs is 1. The monoisotopic (exact) mass is 539 g/mol. The topological polar surface area (TPSA) is 81.4 Å². The quantitative estimate of drug-likeness (QED) is 0.257. The number of guanidine groups is 1. The maximum absolute atomic E-state index is 5.42. The van der Waals surface area contributed by atoms with E-state index in [0.29, 0.717) is 29.8 Å². The highest BCUT2D eigenvalue weighted by molar-refractivity contribution is 14.0. The molecule has 2 heterocycles. The van der Waals surface area contributed by atoms with Crippen LogP contribution >= 0.6 is 24.0 Å². The largest absolute Gasteiger partial charge is 0.493 e. The molecule has 0 bridgehead atoms. The van der Waals surface area contributed by atoms with E-state index in [1.165, 1.54) is 0 Å². The van der Waals surface area contributed by atoms with Gasteiger partial charge in [-0.3, -0.25) is 4.99 Å². The number of methoxy groups -OCH3 is 3. The van der Waals surface area contributed by atoms with E-state index in [-0.39, 0.29) is 24.0 Å². The first kappa shape index (κ1) is 24.6. The van der Waals surface area contributed by atoms with Gasteiger partial charge >= 0.3 is 0 Å². The molecule has 2 aromatic heterocycles. The molecule has 0 amide bonds. The maximum atomic E-state index is 5.42. The van der Waals surface area contributed by atoms with E-state index in [1.807, 2.05) is 35.7 Å². The van der Waals surface area contributed by atoms with Gasteiger partial charge in [0.1, 0.15) is 5.65 Å². The SMILES string of the molecule is CCNC(=NCCc1cn2cccc(C)c2n1)Nc1cc(OC)c(OC)c(OC)c1.I. The summed E-state index contributed by atoms with van der Waals surface area (Å²) in [4.78, 5) is 9.39. The van der Waals surface area contributed by atoms with Crippen molar-refractivity contribution in [1.82, 2.24) is 14.7 Å². The van der Waals surface area contributed by atoms with E-state index in [1.54, 1.807) is 21.3 Å². The van der Waals surface area contributed by atoms with Crippen LogP contribution in [0.1, 0.15) is 18.2 Å². The van der Waals surface area contributed by atoms with Crippen molar-refractivity contribution in [2.45, 2.75) is 20.3 Å². The molecule has 9 heteroatoms. The molecule has 0 atom stereocenters. The molecule has 168 valence electrons. The van der Waals surface area contributed by atoms with Gasteiger partial charge in [-0.15, -0.1) is 24.0 Å². The Morgan fingerprint density at radius 3 is 2.42 bits per heavy atom. The minimum Gasteiger partial charge on any atom is -0.493 e. The summed E-state index contributed by atoms with van der Waals surface area (Å²) in [6.07, 6.45) is 4.81. The van der Waals surface area contributed by atoms with Gasteiger partial charge in [-0.05, 0) is 25.5 Å². The van der Waals surface area contributed by atoms with Gasteiger partial charge in [0.25, 0.3) is 0 Å². The van der Waals surface area contributed by atoms with Gasteiger partial charge in [0.05, 0.1) is 27.0 Å². The van der Waals surface area contributed by atoms with Gasteiger partial charge in [-0.25, -0.2) is 4.98 Å². The number of imidazole rings is 1.